The Morgan fingerprint density at radius 2 is 0.506 bits per heavy atom. The number of carbonyl (C=O) groups excluding carboxylic acids is 3. The smallest absolute Gasteiger partial charge is 0.306 e. The Morgan fingerprint density at radius 1 is 0.259 bits per heavy atom. The van der Waals surface area contributed by atoms with E-state index in [1.807, 2.05) is 0 Å². The molecule has 0 aromatic carbocycles. The molecule has 0 N–H and O–H groups in total. The number of hydrogen-bond acceptors (Lipinski definition) is 6. The Hall–Kier alpha value is -4.19. The zero-order valence-electron chi connectivity index (χ0n) is 53.0. The van der Waals surface area contributed by atoms with Gasteiger partial charge in [-0.05, 0) is 109 Å². The van der Waals surface area contributed by atoms with Crippen LogP contribution in [0.5, 0.6) is 0 Å². The van der Waals surface area contributed by atoms with Gasteiger partial charge in [0.2, 0.25) is 0 Å². The lowest BCUT2D eigenvalue weighted by atomic mass is 10.0. The van der Waals surface area contributed by atoms with Crippen LogP contribution in [0.1, 0.15) is 316 Å². The molecule has 0 saturated carbocycles. The molecule has 0 aliphatic heterocycles. The van der Waals surface area contributed by atoms with Crippen molar-refractivity contribution in [2.45, 2.75) is 322 Å². The molecule has 1 unspecified atom stereocenters. The van der Waals surface area contributed by atoms with Gasteiger partial charge in [0.25, 0.3) is 0 Å². The molecule has 81 heavy (non-hydrogen) atoms. The fraction of sp³-hybridized carbons (Fsp3) is 0.693. The van der Waals surface area contributed by atoms with Crippen LogP contribution >= 0.6 is 0 Å². The molecule has 0 aliphatic carbocycles. The Bertz CT molecular complexity index is 1670. The Labute approximate surface area is 501 Å². The molecule has 6 nitrogen and oxygen atoms in total. The average Bonchev–Trinajstić information content (AvgIpc) is 3.46. The fourth-order valence-electron chi connectivity index (χ4n) is 9.38. The van der Waals surface area contributed by atoms with Gasteiger partial charge in [0, 0.05) is 19.3 Å². The summed E-state index contributed by atoms with van der Waals surface area (Å²) in [6.45, 7) is 6.46. The molecular formula is C75H126O6. The van der Waals surface area contributed by atoms with E-state index in [2.05, 4.69) is 142 Å². The number of ether oxygens (including phenoxy) is 3. The van der Waals surface area contributed by atoms with Crippen molar-refractivity contribution in [3.05, 3.63) is 122 Å². The van der Waals surface area contributed by atoms with Crippen LogP contribution in [0, 0.1) is 0 Å². The third-order valence-corrected chi connectivity index (χ3v) is 14.4. The molecule has 0 aliphatic rings. The van der Waals surface area contributed by atoms with Crippen LogP contribution in [0.3, 0.4) is 0 Å². The summed E-state index contributed by atoms with van der Waals surface area (Å²) in [5.74, 6) is -0.922. The van der Waals surface area contributed by atoms with Crippen molar-refractivity contribution in [2.75, 3.05) is 13.2 Å². The Morgan fingerprint density at radius 3 is 0.802 bits per heavy atom. The SMILES string of the molecule is CC/C=C\C/C=C\C/C=C\C/C=C\C/C=C\C/C=C\C/C=C\C/C=C\CCCCCCC(=O)OCC(COC(=O)CCCCCCC/C=C\C/C=C\CCC)OC(=O)CCCCCCCCCCCCCCCCCCCCCCC. The van der Waals surface area contributed by atoms with Crippen LogP contribution in [0.2, 0.25) is 0 Å². The number of carbonyl (C=O) groups is 3. The zero-order valence-corrected chi connectivity index (χ0v) is 53.0. The summed E-state index contributed by atoms with van der Waals surface area (Å²) in [6.07, 6.45) is 95.0. The minimum atomic E-state index is -0.797. The standard InChI is InChI=1S/C75H126O6/c1-4-7-10-13-16-19-22-25-27-29-31-33-34-35-36-37-38-39-40-42-43-45-47-50-53-56-59-62-65-68-74(77)80-71-72(70-79-73(76)67-64-61-58-55-52-49-24-21-18-15-12-9-6-3)81-75(78)69-66-63-60-57-54-51-48-46-44-41-32-30-28-26-23-20-17-14-11-8-5-2/h7,10,12,15-16,19,21,24-25,27,31,33,35-36,38-39,42-43,47,50,72H,4-6,8-9,11,13-14,17-18,20,22-23,26,28-30,32,34,37,40-41,44-46,48-49,51-71H2,1-3H3/b10-7-,15-12-,19-16-,24-21-,27-25-,33-31-,36-35-,39-38-,43-42-,50-47-. The van der Waals surface area contributed by atoms with Gasteiger partial charge in [-0.3, -0.25) is 14.4 Å². The topological polar surface area (TPSA) is 78.9 Å². The normalized spacial score (nSPS) is 12.9. The molecule has 0 amide bonds. The second-order valence-electron chi connectivity index (χ2n) is 22.4. The van der Waals surface area contributed by atoms with Gasteiger partial charge in [-0.15, -0.1) is 0 Å². The Balaban J connectivity index is 4.37. The van der Waals surface area contributed by atoms with E-state index in [1.54, 1.807) is 0 Å². The monoisotopic (exact) mass is 1120 g/mol. The van der Waals surface area contributed by atoms with Crippen molar-refractivity contribution in [3.63, 3.8) is 0 Å². The average molecular weight is 1120 g/mol. The van der Waals surface area contributed by atoms with Gasteiger partial charge in [0.1, 0.15) is 13.2 Å². The van der Waals surface area contributed by atoms with Crippen molar-refractivity contribution in [1.82, 2.24) is 0 Å². The van der Waals surface area contributed by atoms with E-state index in [4.69, 9.17) is 14.2 Å². The first-order valence-corrected chi connectivity index (χ1v) is 34.0. The first-order valence-electron chi connectivity index (χ1n) is 34.0. The highest BCUT2D eigenvalue weighted by molar-refractivity contribution is 5.71. The molecule has 0 heterocycles. The molecule has 6 heteroatoms. The molecular weight excluding hydrogens is 997 g/mol. The number of allylic oxidation sites excluding steroid dienone is 20. The largest absolute Gasteiger partial charge is 0.462 e. The molecule has 0 aromatic rings. The number of rotatable bonds is 61. The van der Waals surface area contributed by atoms with Crippen LogP contribution in [0.4, 0.5) is 0 Å². The Kier molecular flexibility index (Phi) is 64.8. The van der Waals surface area contributed by atoms with Gasteiger partial charge in [0.15, 0.2) is 6.10 Å². The lowest BCUT2D eigenvalue weighted by Crippen LogP contribution is -2.30. The van der Waals surface area contributed by atoms with Gasteiger partial charge >= 0.3 is 17.9 Å². The summed E-state index contributed by atoms with van der Waals surface area (Å²) >= 11 is 0. The van der Waals surface area contributed by atoms with Crippen molar-refractivity contribution in [1.29, 1.82) is 0 Å². The summed E-state index contributed by atoms with van der Waals surface area (Å²) in [7, 11) is 0. The van der Waals surface area contributed by atoms with E-state index >= 15 is 0 Å². The second-order valence-corrected chi connectivity index (χ2v) is 22.4. The van der Waals surface area contributed by atoms with E-state index in [0.29, 0.717) is 19.3 Å². The second kappa shape index (κ2) is 68.3. The first kappa shape index (κ1) is 76.8. The summed E-state index contributed by atoms with van der Waals surface area (Å²) in [6, 6.07) is 0. The summed E-state index contributed by atoms with van der Waals surface area (Å²) in [5, 5.41) is 0. The third-order valence-electron chi connectivity index (χ3n) is 14.4. The van der Waals surface area contributed by atoms with Crippen LogP contribution in [0.15, 0.2) is 122 Å². The van der Waals surface area contributed by atoms with Crippen molar-refractivity contribution < 1.29 is 28.6 Å². The van der Waals surface area contributed by atoms with E-state index < -0.39 is 6.10 Å². The van der Waals surface area contributed by atoms with E-state index in [0.717, 1.165) is 154 Å². The van der Waals surface area contributed by atoms with Gasteiger partial charge < -0.3 is 14.2 Å². The van der Waals surface area contributed by atoms with Crippen LogP contribution in [-0.4, -0.2) is 37.2 Å². The molecule has 0 spiro atoms. The predicted octanol–water partition coefficient (Wildman–Crippen LogP) is 23.6. The van der Waals surface area contributed by atoms with Crippen molar-refractivity contribution in [2.24, 2.45) is 0 Å². The summed E-state index contributed by atoms with van der Waals surface area (Å²) in [4.78, 5) is 38.4. The molecule has 0 radical (unpaired) electrons. The van der Waals surface area contributed by atoms with Crippen molar-refractivity contribution >= 4 is 17.9 Å². The van der Waals surface area contributed by atoms with Crippen molar-refractivity contribution in [3.8, 4) is 0 Å². The van der Waals surface area contributed by atoms with Gasteiger partial charge in [-0.2, -0.15) is 0 Å². The fourth-order valence-corrected chi connectivity index (χ4v) is 9.38. The lowest BCUT2D eigenvalue weighted by molar-refractivity contribution is -0.167. The third kappa shape index (κ3) is 66.5. The van der Waals surface area contributed by atoms with Crippen LogP contribution in [-0.2, 0) is 28.6 Å². The van der Waals surface area contributed by atoms with E-state index in [9.17, 15) is 14.4 Å². The molecule has 0 saturated heterocycles. The quantitative estimate of drug-likeness (QED) is 0.0261. The number of esters is 3. The lowest BCUT2D eigenvalue weighted by Gasteiger charge is -2.18. The maximum Gasteiger partial charge on any atom is 0.306 e. The van der Waals surface area contributed by atoms with Gasteiger partial charge in [-0.25, -0.2) is 0 Å². The zero-order chi connectivity index (χ0) is 58.5. The predicted molar refractivity (Wildman–Crippen MR) is 353 cm³/mol. The molecule has 0 rings (SSSR count). The number of hydrogen-bond donors (Lipinski definition) is 0. The summed E-state index contributed by atoms with van der Waals surface area (Å²) < 4.78 is 16.9. The number of unbranched alkanes of at least 4 members (excludes halogenated alkanes) is 30. The highest BCUT2D eigenvalue weighted by Crippen LogP contribution is 2.17. The molecule has 0 bridgehead atoms. The van der Waals surface area contributed by atoms with E-state index in [1.165, 1.54) is 122 Å². The minimum Gasteiger partial charge on any atom is -0.462 e. The highest BCUT2D eigenvalue weighted by atomic mass is 16.6. The summed E-state index contributed by atoms with van der Waals surface area (Å²) in [5.41, 5.74) is 0. The highest BCUT2D eigenvalue weighted by Gasteiger charge is 2.19. The maximum atomic E-state index is 12.9. The molecule has 0 aromatic heterocycles. The van der Waals surface area contributed by atoms with Gasteiger partial charge in [-0.1, -0.05) is 309 Å². The minimum absolute atomic E-state index is 0.0933. The first-order chi connectivity index (χ1) is 40.0. The van der Waals surface area contributed by atoms with Crippen LogP contribution < -0.4 is 0 Å². The van der Waals surface area contributed by atoms with Crippen LogP contribution in [0.25, 0.3) is 0 Å². The van der Waals surface area contributed by atoms with E-state index in [-0.39, 0.29) is 31.1 Å². The molecule has 462 valence electrons. The molecule has 0 fully saturated rings. The maximum absolute atomic E-state index is 12.9. The van der Waals surface area contributed by atoms with Gasteiger partial charge in [0.05, 0.1) is 0 Å². The molecule has 1 atom stereocenters.